The lowest BCUT2D eigenvalue weighted by Gasteiger charge is -2.59. The fourth-order valence-corrected chi connectivity index (χ4v) is 11.6. The summed E-state index contributed by atoms with van der Waals surface area (Å²) in [5, 5.41) is 0. The van der Waals surface area contributed by atoms with Crippen molar-refractivity contribution in [3.63, 3.8) is 0 Å². The first-order chi connectivity index (χ1) is 15.7. The number of esters is 1. The summed E-state index contributed by atoms with van der Waals surface area (Å²) in [4.78, 5) is 24.6. The van der Waals surface area contributed by atoms with Crippen LogP contribution >= 0.6 is 0 Å². The van der Waals surface area contributed by atoms with Gasteiger partial charge in [0.15, 0.2) is 8.32 Å². The van der Waals surface area contributed by atoms with Crippen LogP contribution < -0.4 is 0 Å². The maximum Gasteiger partial charge on any atom is 0.302 e. The van der Waals surface area contributed by atoms with Crippen LogP contribution in [0.4, 0.5) is 0 Å². The van der Waals surface area contributed by atoms with Gasteiger partial charge in [0.25, 0.3) is 0 Å². The highest BCUT2D eigenvalue weighted by molar-refractivity contribution is 6.73. The van der Waals surface area contributed by atoms with Gasteiger partial charge in [-0.25, -0.2) is 0 Å². The fourth-order valence-electron chi connectivity index (χ4n) is 8.74. The molecule has 0 heterocycles. The van der Waals surface area contributed by atoms with E-state index in [1.807, 2.05) is 0 Å². The SMILES string of the molecule is CC[Si](CC)(CC)O[C@@H]1C=C2CC(C)[C@H]3[C@@H]4CC[C@H](OC(C)=O)[C@@]4(C)CC[C@@H]3[C@@]2(C=O)CC1. The van der Waals surface area contributed by atoms with Gasteiger partial charge in [-0.05, 0) is 86.7 Å². The average molecular weight is 475 g/mol. The number of fused-ring (bicyclic) bond motifs is 5. The molecule has 4 rings (SSSR count). The van der Waals surface area contributed by atoms with Crippen molar-refractivity contribution in [2.45, 2.75) is 117 Å². The Morgan fingerprint density at radius 3 is 2.39 bits per heavy atom. The lowest BCUT2D eigenvalue weighted by Crippen LogP contribution is -2.56. The lowest BCUT2D eigenvalue weighted by molar-refractivity contribution is -0.159. The van der Waals surface area contributed by atoms with E-state index in [0.717, 1.165) is 44.9 Å². The molecule has 4 nitrogen and oxygen atoms in total. The Hall–Kier alpha value is -0.943. The monoisotopic (exact) mass is 474 g/mol. The second-order valence-electron chi connectivity index (χ2n) is 12.0. The highest BCUT2D eigenvalue weighted by Crippen LogP contribution is 2.66. The number of ether oxygens (including phenoxy) is 1. The number of hydrogen-bond acceptors (Lipinski definition) is 4. The molecular weight excluding hydrogens is 428 g/mol. The Morgan fingerprint density at radius 2 is 1.79 bits per heavy atom. The zero-order valence-corrected chi connectivity index (χ0v) is 22.8. The molecule has 5 heteroatoms. The van der Waals surface area contributed by atoms with Crippen molar-refractivity contribution in [2.24, 2.45) is 34.5 Å². The normalized spacial score (nSPS) is 42.5. The van der Waals surface area contributed by atoms with Gasteiger partial charge in [0.05, 0.1) is 11.5 Å². The van der Waals surface area contributed by atoms with Gasteiger partial charge >= 0.3 is 5.97 Å². The Labute approximate surface area is 202 Å². The lowest BCUT2D eigenvalue weighted by atomic mass is 9.45. The fraction of sp³-hybridized carbons (Fsp3) is 0.857. The first kappa shape index (κ1) is 25.2. The van der Waals surface area contributed by atoms with E-state index in [2.05, 4.69) is 40.7 Å². The summed E-state index contributed by atoms with van der Waals surface area (Å²) in [6.45, 7) is 13.2. The molecule has 3 fully saturated rings. The van der Waals surface area contributed by atoms with Crippen molar-refractivity contribution >= 4 is 20.6 Å². The third kappa shape index (κ3) is 3.99. The van der Waals surface area contributed by atoms with E-state index in [4.69, 9.17) is 9.16 Å². The van der Waals surface area contributed by atoms with Crippen LogP contribution in [0.5, 0.6) is 0 Å². The number of carbonyl (C=O) groups is 2. The third-order valence-electron chi connectivity index (χ3n) is 10.8. The Kier molecular flexibility index (Phi) is 7.06. The van der Waals surface area contributed by atoms with Gasteiger partial charge in [-0.15, -0.1) is 0 Å². The molecule has 1 unspecified atom stereocenters. The van der Waals surface area contributed by atoms with Gasteiger partial charge in [0.2, 0.25) is 0 Å². The van der Waals surface area contributed by atoms with Gasteiger partial charge in [-0.1, -0.05) is 46.3 Å². The largest absolute Gasteiger partial charge is 0.462 e. The number of hydrogen-bond donors (Lipinski definition) is 0. The van der Waals surface area contributed by atoms with Crippen LogP contribution in [-0.4, -0.2) is 32.8 Å². The van der Waals surface area contributed by atoms with Crippen LogP contribution in [0.25, 0.3) is 0 Å². The topological polar surface area (TPSA) is 52.6 Å². The van der Waals surface area contributed by atoms with Crippen LogP contribution in [0.2, 0.25) is 18.1 Å². The minimum absolute atomic E-state index is 0.0385. The zero-order chi connectivity index (χ0) is 24.0. The van der Waals surface area contributed by atoms with Crippen molar-refractivity contribution in [1.29, 1.82) is 0 Å². The minimum atomic E-state index is -1.67. The predicted octanol–water partition coefficient (Wildman–Crippen LogP) is 6.70. The second kappa shape index (κ2) is 9.26. The third-order valence-corrected chi connectivity index (χ3v) is 15.5. The standard InChI is InChI=1S/C28H46O4Si/c1-7-33(8-2,9-3)32-22-12-15-28(18-29)21(17-22)16-19(4)26-23-10-11-25(31-20(5)30)27(23,6)14-13-24(26)28/h17-19,22-26H,7-16H2,1-6H3/t19?,22-,23-,24-,25-,26-,27-,28+/m0/s1. The molecule has 0 aromatic carbocycles. The van der Waals surface area contributed by atoms with Crippen LogP contribution in [-0.2, 0) is 18.8 Å². The molecule has 8 atom stereocenters. The summed E-state index contributed by atoms with van der Waals surface area (Å²) in [6, 6.07) is 3.51. The Morgan fingerprint density at radius 1 is 1.09 bits per heavy atom. The van der Waals surface area contributed by atoms with Crippen molar-refractivity contribution < 1.29 is 18.8 Å². The van der Waals surface area contributed by atoms with Crippen LogP contribution in [0.15, 0.2) is 11.6 Å². The second-order valence-corrected chi connectivity index (χ2v) is 16.7. The molecular formula is C28H46O4Si. The summed E-state index contributed by atoms with van der Waals surface area (Å²) in [6.07, 6.45) is 11.1. The molecule has 4 aliphatic rings. The molecule has 0 bridgehead atoms. The van der Waals surface area contributed by atoms with E-state index >= 15 is 0 Å². The first-order valence-electron chi connectivity index (χ1n) is 13.7. The van der Waals surface area contributed by atoms with Crippen LogP contribution in [0.3, 0.4) is 0 Å². The number of carbonyl (C=O) groups excluding carboxylic acids is 2. The smallest absolute Gasteiger partial charge is 0.302 e. The quantitative estimate of drug-likeness (QED) is 0.178. The van der Waals surface area contributed by atoms with Gasteiger partial charge < -0.3 is 14.0 Å². The molecule has 0 spiro atoms. The summed E-state index contributed by atoms with van der Waals surface area (Å²) in [5.74, 6) is 1.91. The van der Waals surface area contributed by atoms with E-state index < -0.39 is 8.32 Å². The van der Waals surface area contributed by atoms with Gasteiger partial charge in [0.1, 0.15) is 12.4 Å². The first-order valence-corrected chi connectivity index (χ1v) is 16.2. The van der Waals surface area contributed by atoms with Gasteiger partial charge in [-0.3, -0.25) is 4.79 Å². The van der Waals surface area contributed by atoms with E-state index in [0.29, 0.717) is 23.7 Å². The number of aldehydes is 1. The van der Waals surface area contributed by atoms with Crippen molar-refractivity contribution in [1.82, 2.24) is 0 Å². The van der Waals surface area contributed by atoms with Gasteiger partial charge in [0, 0.05) is 12.3 Å². The highest BCUT2D eigenvalue weighted by Gasteiger charge is 2.62. The number of allylic oxidation sites excluding steroid dienone is 1. The Balaban J connectivity index is 1.62. The molecule has 0 N–H and O–H groups in total. The minimum Gasteiger partial charge on any atom is -0.462 e. The zero-order valence-electron chi connectivity index (χ0n) is 21.8. The molecule has 0 aliphatic heterocycles. The molecule has 4 aliphatic carbocycles. The molecule has 0 radical (unpaired) electrons. The van der Waals surface area contributed by atoms with Crippen LogP contribution in [0, 0.1) is 34.5 Å². The van der Waals surface area contributed by atoms with E-state index in [1.54, 1.807) is 0 Å². The molecule has 186 valence electrons. The summed E-state index contributed by atoms with van der Waals surface area (Å²) in [5.41, 5.74) is 1.14. The molecule has 0 saturated heterocycles. The summed E-state index contributed by atoms with van der Waals surface area (Å²) in [7, 11) is -1.67. The van der Waals surface area contributed by atoms with Crippen LogP contribution in [0.1, 0.15) is 86.5 Å². The number of rotatable bonds is 7. The molecule has 3 saturated carbocycles. The average Bonchev–Trinajstić information content (AvgIpc) is 3.13. The van der Waals surface area contributed by atoms with E-state index in [1.165, 1.54) is 36.9 Å². The molecule has 33 heavy (non-hydrogen) atoms. The maximum atomic E-state index is 12.9. The molecule has 0 aromatic heterocycles. The predicted molar refractivity (Wildman–Crippen MR) is 134 cm³/mol. The van der Waals surface area contributed by atoms with Gasteiger partial charge in [-0.2, -0.15) is 0 Å². The van der Waals surface area contributed by atoms with E-state index in [-0.39, 0.29) is 29.0 Å². The summed E-state index contributed by atoms with van der Waals surface area (Å²) < 4.78 is 12.7. The Bertz CT molecular complexity index is 781. The van der Waals surface area contributed by atoms with Crippen molar-refractivity contribution in [2.75, 3.05) is 0 Å². The maximum absolute atomic E-state index is 12.9. The van der Waals surface area contributed by atoms with E-state index in [9.17, 15) is 9.59 Å². The highest BCUT2D eigenvalue weighted by atomic mass is 28.4. The van der Waals surface area contributed by atoms with Crippen molar-refractivity contribution in [3.8, 4) is 0 Å². The summed E-state index contributed by atoms with van der Waals surface area (Å²) >= 11 is 0. The molecule has 0 aromatic rings. The molecule has 0 amide bonds. The van der Waals surface area contributed by atoms with Crippen molar-refractivity contribution in [3.05, 3.63) is 11.6 Å².